The van der Waals surface area contributed by atoms with Crippen LogP contribution in [0.25, 0.3) is 0 Å². The minimum Gasteiger partial charge on any atom is -0.367 e. The minimum atomic E-state index is -2.18. The van der Waals surface area contributed by atoms with Crippen LogP contribution in [0.3, 0.4) is 0 Å². The number of hydrogen-bond acceptors (Lipinski definition) is 3. The molecule has 3 aromatic carbocycles. The second-order valence-electron chi connectivity index (χ2n) is 7.83. The van der Waals surface area contributed by atoms with Gasteiger partial charge in [-0.05, 0) is 36.8 Å². The summed E-state index contributed by atoms with van der Waals surface area (Å²) in [5.74, 6) is -10.1. The first-order valence-corrected chi connectivity index (χ1v) is 10.7. The third-order valence-electron chi connectivity index (χ3n) is 5.72. The van der Waals surface area contributed by atoms with E-state index in [0.29, 0.717) is 22.0 Å². The van der Waals surface area contributed by atoms with E-state index in [9.17, 15) is 26.7 Å². The van der Waals surface area contributed by atoms with Crippen LogP contribution < -0.4 is 15.1 Å². The smallest absolute Gasteiger partial charge is 0.255 e. The fourth-order valence-corrected chi connectivity index (χ4v) is 4.21. The monoisotopic (exact) mass is 495 g/mol. The molecule has 3 aromatic rings. The number of aryl methyl sites for hydroxylation is 1. The highest BCUT2D eigenvalue weighted by molar-refractivity contribution is 6.33. The van der Waals surface area contributed by atoms with Crippen molar-refractivity contribution in [3.63, 3.8) is 0 Å². The lowest BCUT2D eigenvalue weighted by Crippen LogP contribution is -2.47. The second-order valence-corrected chi connectivity index (χ2v) is 8.24. The van der Waals surface area contributed by atoms with E-state index in [1.165, 1.54) is 0 Å². The van der Waals surface area contributed by atoms with Crippen molar-refractivity contribution in [3.05, 3.63) is 87.7 Å². The summed E-state index contributed by atoms with van der Waals surface area (Å²) in [5.41, 5.74) is 1.53. The van der Waals surface area contributed by atoms with Gasteiger partial charge in [0.2, 0.25) is 5.82 Å². The molecule has 0 unspecified atom stereocenters. The number of amides is 1. The number of carbonyl (C=O) groups is 1. The van der Waals surface area contributed by atoms with E-state index in [-0.39, 0.29) is 32.1 Å². The van der Waals surface area contributed by atoms with Crippen LogP contribution in [0.2, 0.25) is 5.02 Å². The summed E-state index contributed by atoms with van der Waals surface area (Å²) in [7, 11) is 0. The number of benzene rings is 3. The molecule has 0 radical (unpaired) electrons. The van der Waals surface area contributed by atoms with Gasteiger partial charge in [0.1, 0.15) is 5.69 Å². The number of nitrogens with one attached hydrogen (secondary N) is 1. The van der Waals surface area contributed by atoms with Gasteiger partial charge in [-0.1, -0.05) is 29.8 Å². The van der Waals surface area contributed by atoms with Crippen molar-refractivity contribution in [1.29, 1.82) is 0 Å². The Morgan fingerprint density at radius 3 is 1.97 bits per heavy atom. The number of piperazine rings is 1. The van der Waals surface area contributed by atoms with Gasteiger partial charge in [0.25, 0.3) is 5.91 Å². The zero-order valence-corrected chi connectivity index (χ0v) is 18.7. The number of halogens is 6. The summed E-state index contributed by atoms with van der Waals surface area (Å²) in [6, 6.07) is 12.1. The lowest BCUT2D eigenvalue weighted by atomic mass is 10.1. The minimum absolute atomic E-state index is 0.0143. The van der Waals surface area contributed by atoms with Gasteiger partial charge in [-0.25, -0.2) is 22.0 Å². The van der Waals surface area contributed by atoms with Crippen LogP contribution in [0.15, 0.2) is 42.5 Å². The summed E-state index contributed by atoms with van der Waals surface area (Å²) < 4.78 is 68.7. The van der Waals surface area contributed by atoms with Gasteiger partial charge in [-0.2, -0.15) is 0 Å². The van der Waals surface area contributed by atoms with Crippen LogP contribution in [0.5, 0.6) is 0 Å². The average Bonchev–Trinajstić information content (AvgIpc) is 2.82. The topological polar surface area (TPSA) is 35.6 Å². The van der Waals surface area contributed by atoms with Crippen LogP contribution in [0, 0.1) is 36.0 Å². The van der Waals surface area contributed by atoms with Crippen LogP contribution >= 0.6 is 11.6 Å². The Balaban J connectivity index is 1.46. The third kappa shape index (κ3) is 4.40. The molecule has 178 valence electrons. The molecular weight excluding hydrogens is 477 g/mol. The second kappa shape index (κ2) is 9.50. The lowest BCUT2D eigenvalue weighted by Gasteiger charge is -2.38. The Morgan fingerprint density at radius 1 is 0.824 bits per heavy atom. The summed E-state index contributed by atoms with van der Waals surface area (Å²) >= 11 is 6.42. The normalized spacial score (nSPS) is 13.9. The molecule has 1 saturated heterocycles. The maximum atomic E-state index is 14.1. The molecule has 1 N–H and O–H groups in total. The van der Waals surface area contributed by atoms with Crippen molar-refractivity contribution in [1.82, 2.24) is 0 Å². The Morgan fingerprint density at radius 2 is 1.38 bits per heavy atom. The van der Waals surface area contributed by atoms with Crippen molar-refractivity contribution in [2.45, 2.75) is 6.92 Å². The molecule has 0 saturated carbocycles. The predicted octanol–water partition coefficient (Wildman–Crippen LogP) is 5.92. The molecule has 0 aromatic heterocycles. The molecule has 0 bridgehead atoms. The predicted molar refractivity (Wildman–Crippen MR) is 121 cm³/mol. The summed E-state index contributed by atoms with van der Waals surface area (Å²) in [6.07, 6.45) is 0. The van der Waals surface area contributed by atoms with Gasteiger partial charge in [0, 0.05) is 37.4 Å². The zero-order chi connectivity index (χ0) is 24.6. The van der Waals surface area contributed by atoms with Gasteiger partial charge in [-0.3, -0.25) is 4.79 Å². The maximum absolute atomic E-state index is 14.1. The first-order chi connectivity index (χ1) is 16.2. The maximum Gasteiger partial charge on any atom is 0.255 e. The van der Waals surface area contributed by atoms with Crippen LogP contribution in [0.4, 0.5) is 39.0 Å². The van der Waals surface area contributed by atoms with Crippen molar-refractivity contribution >= 4 is 34.6 Å². The number of hydrogen-bond donors (Lipinski definition) is 1. The summed E-state index contributed by atoms with van der Waals surface area (Å²) in [6.45, 7) is 2.32. The van der Waals surface area contributed by atoms with Crippen molar-refractivity contribution < 1.29 is 26.7 Å². The fourth-order valence-electron chi connectivity index (χ4n) is 3.91. The van der Waals surface area contributed by atoms with E-state index >= 15 is 0 Å². The van der Waals surface area contributed by atoms with Gasteiger partial charge >= 0.3 is 0 Å². The van der Waals surface area contributed by atoms with E-state index in [4.69, 9.17) is 11.6 Å². The third-order valence-corrected chi connectivity index (χ3v) is 6.02. The van der Waals surface area contributed by atoms with Crippen LogP contribution in [0.1, 0.15) is 15.9 Å². The Labute approximate surface area is 197 Å². The molecule has 10 heteroatoms. The number of carbonyl (C=O) groups excluding carboxylic acids is 1. The lowest BCUT2D eigenvalue weighted by molar-refractivity contribution is 0.102. The number of anilines is 3. The van der Waals surface area contributed by atoms with Gasteiger partial charge in [-0.15, -0.1) is 0 Å². The highest BCUT2D eigenvalue weighted by Crippen LogP contribution is 2.33. The molecule has 1 fully saturated rings. The largest absolute Gasteiger partial charge is 0.367 e. The molecule has 34 heavy (non-hydrogen) atoms. The Kier molecular flexibility index (Phi) is 6.65. The highest BCUT2D eigenvalue weighted by Gasteiger charge is 2.31. The highest BCUT2D eigenvalue weighted by atomic mass is 35.5. The quantitative estimate of drug-likeness (QED) is 0.277. The van der Waals surface area contributed by atoms with Gasteiger partial charge in [0.05, 0.1) is 10.7 Å². The summed E-state index contributed by atoms with van der Waals surface area (Å²) in [5, 5.41) is 3.13. The van der Waals surface area contributed by atoms with E-state index in [1.807, 2.05) is 24.0 Å². The van der Waals surface area contributed by atoms with E-state index < -0.39 is 34.8 Å². The molecule has 0 aliphatic carbocycles. The van der Waals surface area contributed by atoms with Crippen LogP contribution in [-0.2, 0) is 0 Å². The van der Waals surface area contributed by atoms with Gasteiger partial charge < -0.3 is 15.1 Å². The zero-order valence-electron chi connectivity index (χ0n) is 17.9. The van der Waals surface area contributed by atoms with Gasteiger partial charge in [0.15, 0.2) is 23.3 Å². The molecule has 1 heterocycles. The molecule has 1 amide bonds. The van der Waals surface area contributed by atoms with Crippen molar-refractivity contribution in [3.8, 4) is 0 Å². The molecule has 1 aliphatic heterocycles. The molecule has 0 spiro atoms. The Bertz CT molecular complexity index is 1230. The van der Waals surface area contributed by atoms with Crippen molar-refractivity contribution in [2.24, 2.45) is 0 Å². The van der Waals surface area contributed by atoms with E-state index in [1.54, 1.807) is 30.3 Å². The number of rotatable bonds is 4. The standard InChI is InChI=1S/C24H19ClF5N3O/c1-13-4-2-3-5-15(13)24(34)31-14-6-7-17(16(25)12-14)32-8-10-33(11-9-32)23-21(29)19(27)18(26)20(28)22(23)30/h2-7,12H,8-11H2,1H3,(H,31,34). The first-order valence-electron chi connectivity index (χ1n) is 10.4. The molecular formula is C24H19ClF5N3O. The van der Waals surface area contributed by atoms with Crippen molar-refractivity contribution in [2.75, 3.05) is 41.3 Å². The number of nitrogens with zero attached hydrogens (tertiary/aromatic N) is 2. The average molecular weight is 496 g/mol. The molecule has 4 rings (SSSR count). The van der Waals surface area contributed by atoms with Crippen LogP contribution in [-0.4, -0.2) is 32.1 Å². The van der Waals surface area contributed by atoms with E-state index in [0.717, 1.165) is 10.5 Å². The fraction of sp³-hybridized carbons (Fsp3) is 0.208. The SMILES string of the molecule is Cc1ccccc1C(=O)Nc1ccc(N2CCN(c3c(F)c(F)c(F)c(F)c3F)CC2)c(Cl)c1. The van der Waals surface area contributed by atoms with E-state index in [2.05, 4.69) is 5.32 Å². The summed E-state index contributed by atoms with van der Waals surface area (Å²) in [4.78, 5) is 15.5. The molecule has 1 aliphatic rings. The Hall–Kier alpha value is -3.33. The molecule has 4 nitrogen and oxygen atoms in total. The first kappa shape index (κ1) is 23.8. The molecule has 0 atom stereocenters.